The van der Waals surface area contributed by atoms with Crippen molar-refractivity contribution in [3.05, 3.63) is 35.4 Å². The minimum atomic E-state index is -0.488. The van der Waals surface area contributed by atoms with Crippen molar-refractivity contribution in [2.24, 2.45) is 0 Å². The highest BCUT2D eigenvalue weighted by molar-refractivity contribution is 7.98. The van der Waals surface area contributed by atoms with Crippen LogP contribution < -0.4 is 5.32 Å². The van der Waals surface area contributed by atoms with Crippen LogP contribution in [0.1, 0.15) is 11.6 Å². The van der Waals surface area contributed by atoms with E-state index in [9.17, 15) is 8.78 Å². The molecule has 0 aliphatic carbocycles. The van der Waals surface area contributed by atoms with Gasteiger partial charge in [0, 0.05) is 17.4 Å². The van der Waals surface area contributed by atoms with Crippen molar-refractivity contribution in [1.29, 1.82) is 0 Å². The average Bonchev–Trinajstić information content (AvgIpc) is 2.16. The standard InChI is InChI=1S/C10H13F2NS/c1-13-9(6-14-2)10-7(11)4-3-5-8(10)12/h3-5,9,13H,6H2,1-2H3. The Morgan fingerprint density at radius 3 is 2.36 bits per heavy atom. The maximum Gasteiger partial charge on any atom is 0.130 e. The summed E-state index contributed by atoms with van der Waals surface area (Å²) in [5, 5.41) is 2.90. The summed E-state index contributed by atoms with van der Waals surface area (Å²) in [7, 11) is 1.70. The summed E-state index contributed by atoms with van der Waals surface area (Å²) in [5.41, 5.74) is 0.129. The van der Waals surface area contributed by atoms with E-state index >= 15 is 0 Å². The molecule has 1 aromatic rings. The van der Waals surface area contributed by atoms with Gasteiger partial charge in [-0.25, -0.2) is 8.78 Å². The highest BCUT2D eigenvalue weighted by atomic mass is 32.2. The number of thioether (sulfide) groups is 1. The van der Waals surface area contributed by atoms with E-state index in [1.165, 1.54) is 18.2 Å². The highest BCUT2D eigenvalue weighted by Crippen LogP contribution is 2.22. The molecule has 1 aromatic carbocycles. The van der Waals surface area contributed by atoms with Crippen molar-refractivity contribution in [2.75, 3.05) is 19.1 Å². The van der Waals surface area contributed by atoms with Crippen molar-refractivity contribution >= 4 is 11.8 Å². The summed E-state index contributed by atoms with van der Waals surface area (Å²) in [4.78, 5) is 0. The number of nitrogens with one attached hydrogen (secondary N) is 1. The molecule has 14 heavy (non-hydrogen) atoms. The Morgan fingerprint density at radius 2 is 1.93 bits per heavy atom. The van der Waals surface area contributed by atoms with E-state index in [-0.39, 0.29) is 11.6 Å². The largest absolute Gasteiger partial charge is 0.312 e. The van der Waals surface area contributed by atoms with Gasteiger partial charge in [0.15, 0.2) is 0 Å². The molecule has 0 fully saturated rings. The second-order valence-corrected chi connectivity index (χ2v) is 3.84. The van der Waals surface area contributed by atoms with Crippen LogP contribution in [0.5, 0.6) is 0 Å². The van der Waals surface area contributed by atoms with Crippen LogP contribution in [0.25, 0.3) is 0 Å². The molecule has 0 spiro atoms. The normalized spacial score (nSPS) is 12.9. The molecule has 0 saturated heterocycles. The van der Waals surface area contributed by atoms with Crippen LogP contribution in [0, 0.1) is 11.6 Å². The lowest BCUT2D eigenvalue weighted by atomic mass is 10.1. The number of hydrogen-bond acceptors (Lipinski definition) is 2. The Kier molecular flexibility index (Phi) is 4.35. The molecule has 0 amide bonds. The predicted molar refractivity (Wildman–Crippen MR) is 56.5 cm³/mol. The summed E-state index contributed by atoms with van der Waals surface area (Å²) < 4.78 is 26.6. The maximum absolute atomic E-state index is 13.3. The van der Waals surface area contributed by atoms with Crippen LogP contribution >= 0.6 is 11.8 Å². The number of rotatable bonds is 4. The lowest BCUT2D eigenvalue weighted by Crippen LogP contribution is -2.21. The van der Waals surface area contributed by atoms with Crippen LogP contribution in [0.2, 0.25) is 0 Å². The first kappa shape index (κ1) is 11.5. The summed E-state index contributed by atoms with van der Waals surface area (Å²) in [6, 6.07) is 3.66. The SMILES string of the molecule is CNC(CSC)c1c(F)cccc1F. The summed E-state index contributed by atoms with van der Waals surface area (Å²) in [6.07, 6.45) is 1.91. The molecular formula is C10H13F2NS. The summed E-state index contributed by atoms with van der Waals surface area (Å²) in [6.45, 7) is 0. The van der Waals surface area contributed by atoms with Gasteiger partial charge in [-0.05, 0) is 25.4 Å². The molecule has 0 heterocycles. The Bertz CT molecular complexity index is 284. The Labute approximate surface area is 86.9 Å². The first-order valence-electron chi connectivity index (χ1n) is 4.30. The third-order valence-corrected chi connectivity index (χ3v) is 2.70. The van der Waals surface area contributed by atoms with Gasteiger partial charge < -0.3 is 5.32 Å². The van der Waals surface area contributed by atoms with E-state index in [4.69, 9.17) is 0 Å². The summed E-state index contributed by atoms with van der Waals surface area (Å²) >= 11 is 1.55. The first-order valence-corrected chi connectivity index (χ1v) is 5.70. The van der Waals surface area contributed by atoms with Crippen molar-refractivity contribution in [1.82, 2.24) is 5.32 Å². The van der Waals surface area contributed by atoms with Gasteiger partial charge in [0.25, 0.3) is 0 Å². The van der Waals surface area contributed by atoms with E-state index in [0.717, 1.165) is 0 Å². The molecule has 1 N–H and O–H groups in total. The highest BCUT2D eigenvalue weighted by Gasteiger charge is 2.17. The zero-order valence-corrected chi connectivity index (χ0v) is 9.00. The van der Waals surface area contributed by atoms with E-state index in [2.05, 4.69) is 5.32 Å². The number of benzene rings is 1. The maximum atomic E-state index is 13.3. The minimum absolute atomic E-state index is 0.129. The van der Waals surface area contributed by atoms with Gasteiger partial charge in [0.05, 0.1) is 0 Å². The third kappa shape index (κ3) is 2.45. The number of hydrogen-bond donors (Lipinski definition) is 1. The Balaban J connectivity index is 3.02. The van der Waals surface area contributed by atoms with Gasteiger partial charge in [0.2, 0.25) is 0 Å². The monoisotopic (exact) mass is 217 g/mol. The van der Waals surface area contributed by atoms with Crippen LogP contribution in [-0.4, -0.2) is 19.1 Å². The van der Waals surface area contributed by atoms with Crippen molar-refractivity contribution in [3.63, 3.8) is 0 Å². The molecular weight excluding hydrogens is 204 g/mol. The molecule has 0 aromatic heterocycles. The second kappa shape index (κ2) is 5.32. The molecule has 1 atom stereocenters. The first-order chi connectivity index (χ1) is 6.70. The topological polar surface area (TPSA) is 12.0 Å². The van der Waals surface area contributed by atoms with Crippen molar-refractivity contribution in [2.45, 2.75) is 6.04 Å². The fourth-order valence-electron chi connectivity index (χ4n) is 1.32. The molecule has 4 heteroatoms. The van der Waals surface area contributed by atoms with Crippen molar-refractivity contribution in [3.8, 4) is 0 Å². The quantitative estimate of drug-likeness (QED) is 0.832. The molecule has 1 rings (SSSR count). The van der Waals surface area contributed by atoms with Crippen LogP contribution in [0.4, 0.5) is 8.78 Å². The van der Waals surface area contributed by atoms with Crippen LogP contribution in [0.3, 0.4) is 0 Å². The predicted octanol–water partition coefficient (Wildman–Crippen LogP) is 2.59. The third-order valence-electron chi connectivity index (χ3n) is 2.03. The van der Waals surface area contributed by atoms with E-state index in [0.29, 0.717) is 5.75 Å². The zero-order valence-electron chi connectivity index (χ0n) is 8.18. The fourth-order valence-corrected chi connectivity index (χ4v) is 1.99. The van der Waals surface area contributed by atoms with E-state index in [1.54, 1.807) is 18.8 Å². The molecule has 0 radical (unpaired) electrons. The molecule has 1 unspecified atom stereocenters. The molecule has 78 valence electrons. The van der Waals surface area contributed by atoms with E-state index < -0.39 is 11.6 Å². The van der Waals surface area contributed by atoms with Gasteiger partial charge in [-0.3, -0.25) is 0 Å². The lowest BCUT2D eigenvalue weighted by molar-refractivity contribution is 0.513. The minimum Gasteiger partial charge on any atom is -0.312 e. The van der Waals surface area contributed by atoms with E-state index in [1.807, 2.05) is 6.26 Å². The van der Waals surface area contributed by atoms with Gasteiger partial charge in [0.1, 0.15) is 11.6 Å². The Morgan fingerprint density at radius 1 is 1.36 bits per heavy atom. The lowest BCUT2D eigenvalue weighted by Gasteiger charge is -2.16. The van der Waals surface area contributed by atoms with Crippen LogP contribution in [0.15, 0.2) is 18.2 Å². The van der Waals surface area contributed by atoms with Gasteiger partial charge in [-0.2, -0.15) is 11.8 Å². The van der Waals surface area contributed by atoms with Gasteiger partial charge in [-0.15, -0.1) is 0 Å². The summed E-state index contributed by atoms with van der Waals surface area (Å²) in [5.74, 6) is -0.328. The molecule has 0 saturated carbocycles. The molecule has 1 nitrogen and oxygen atoms in total. The van der Waals surface area contributed by atoms with Crippen LogP contribution in [-0.2, 0) is 0 Å². The average molecular weight is 217 g/mol. The van der Waals surface area contributed by atoms with Gasteiger partial charge >= 0.3 is 0 Å². The number of halogens is 2. The zero-order chi connectivity index (χ0) is 10.6. The smallest absolute Gasteiger partial charge is 0.130 e. The van der Waals surface area contributed by atoms with Crippen molar-refractivity contribution < 1.29 is 8.78 Å². The fraction of sp³-hybridized carbons (Fsp3) is 0.400. The molecule has 0 aliphatic heterocycles. The van der Waals surface area contributed by atoms with Gasteiger partial charge in [-0.1, -0.05) is 6.07 Å². The molecule has 0 bridgehead atoms. The second-order valence-electron chi connectivity index (χ2n) is 2.93. The Hall–Kier alpha value is -0.610. The molecule has 0 aliphatic rings.